The van der Waals surface area contributed by atoms with Crippen LogP contribution in [0.2, 0.25) is 0 Å². The van der Waals surface area contributed by atoms with Crippen molar-refractivity contribution < 1.29 is 24.5 Å². The summed E-state index contributed by atoms with van der Waals surface area (Å²) < 4.78 is 5.17. The summed E-state index contributed by atoms with van der Waals surface area (Å²) >= 11 is 0. The first-order valence-electron chi connectivity index (χ1n) is 14.9. The van der Waals surface area contributed by atoms with E-state index in [2.05, 4.69) is 25.7 Å². The van der Waals surface area contributed by atoms with Crippen LogP contribution in [0.5, 0.6) is 0 Å². The fourth-order valence-corrected chi connectivity index (χ4v) is 7.05. The van der Waals surface area contributed by atoms with Crippen LogP contribution in [0, 0.1) is 17.8 Å². The van der Waals surface area contributed by atoms with Gasteiger partial charge >= 0.3 is 11.9 Å². The molecule has 9 nitrogen and oxygen atoms in total. The van der Waals surface area contributed by atoms with Crippen molar-refractivity contribution in [2.45, 2.75) is 53.9 Å². The van der Waals surface area contributed by atoms with Crippen molar-refractivity contribution in [1.82, 2.24) is 5.32 Å². The molecule has 226 valence electrons. The molecule has 9 heteroatoms. The number of aliphatic hydroxyl groups is 1. The maximum absolute atomic E-state index is 13.2. The Morgan fingerprint density at radius 2 is 1.75 bits per heavy atom. The van der Waals surface area contributed by atoms with E-state index in [-0.39, 0.29) is 24.0 Å². The lowest BCUT2D eigenvalue weighted by Crippen LogP contribution is -2.25. The van der Waals surface area contributed by atoms with E-state index in [0.29, 0.717) is 34.7 Å². The van der Waals surface area contributed by atoms with Crippen LogP contribution in [-0.2, 0) is 14.3 Å². The summed E-state index contributed by atoms with van der Waals surface area (Å²) in [5.74, 6) is -3.14. The number of hydrogen-bond donors (Lipinski definition) is 3. The van der Waals surface area contributed by atoms with Gasteiger partial charge in [-0.05, 0) is 74.1 Å². The SMILES string of the molecule is C=CC1=C(C)C2=NC1=CC1=NC(=CC3=C(C)C4=C(O)[C@@H](C(=O)OC)C(=C5NC(=C2)[C@@H](C)[C@@H]5CCC(=O)O)C4=N3)C(CC)=C1C. The van der Waals surface area contributed by atoms with Gasteiger partial charge in [-0.25, -0.2) is 15.0 Å². The molecule has 5 heterocycles. The highest BCUT2D eigenvalue weighted by Crippen LogP contribution is 2.49. The number of aliphatic carboxylic acids is 1. The highest BCUT2D eigenvalue weighted by molar-refractivity contribution is 6.24. The summed E-state index contributed by atoms with van der Waals surface area (Å²) in [4.78, 5) is 40.0. The fourth-order valence-electron chi connectivity index (χ4n) is 7.05. The molecule has 1 saturated heterocycles. The van der Waals surface area contributed by atoms with Crippen LogP contribution in [0.1, 0.15) is 53.9 Å². The molecule has 0 aromatic heterocycles. The smallest absolute Gasteiger partial charge is 0.321 e. The van der Waals surface area contributed by atoms with Crippen LogP contribution >= 0.6 is 0 Å². The van der Waals surface area contributed by atoms with Crippen LogP contribution in [0.25, 0.3) is 0 Å². The van der Waals surface area contributed by atoms with E-state index in [4.69, 9.17) is 19.7 Å². The van der Waals surface area contributed by atoms with Gasteiger partial charge in [0.2, 0.25) is 0 Å². The zero-order valence-corrected chi connectivity index (χ0v) is 25.8. The molecule has 6 rings (SSSR count). The number of aliphatic hydroxyl groups excluding tert-OH is 1. The predicted octanol–water partition coefficient (Wildman–Crippen LogP) is 6.11. The molecular formula is C35H36N4O5. The molecule has 44 heavy (non-hydrogen) atoms. The normalized spacial score (nSPS) is 25.6. The van der Waals surface area contributed by atoms with Gasteiger partial charge in [0.05, 0.1) is 41.3 Å². The zero-order valence-electron chi connectivity index (χ0n) is 25.8. The minimum absolute atomic E-state index is 0.0595. The summed E-state index contributed by atoms with van der Waals surface area (Å²) in [5, 5.41) is 24.7. The van der Waals surface area contributed by atoms with Crippen molar-refractivity contribution in [3.8, 4) is 0 Å². The monoisotopic (exact) mass is 592 g/mol. The number of carboxylic acids is 1. The molecule has 0 aromatic rings. The van der Waals surface area contributed by atoms with E-state index < -0.39 is 17.9 Å². The number of carbonyl (C=O) groups excluding carboxylic acids is 1. The molecule has 0 spiro atoms. The van der Waals surface area contributed by atoms with Gasteiger partial charge in [-0.15, -0.1) is 0 Å². The number of carbonyl (C=O) groups is 2. The summed E-state index contributed by atoms with van der Waals surface area (Å²) in [6.07, 6.45) is 8.76. The van der Waals surface area contributed by atoms with E-state index in [0.717, 1.165) is 62.8 Å². The number of rotatable bonds is 6. The average molecular weight is 593 g/mol. The topological polar surface area (TPSA) is 133 Å². The number of esters is 1. The highest BCUT2D eigenvalue weighted by Gasteiger charge is 2.49. The van der Waals surface area contributed by atoms with E-state index >= 15 is 0 Å². The van der Waals surface area contributed by atoms with Crippen molar-refractivity contribution in [1.29, 1.82) is 0 Å². The summed E-state index contributed by atoms with van der Waals surface area (Å²) in [5.41, 5.74) is 11.6. The van der Waals surface area contributed by atoms with Gasteiger partial charge in [-0.1, -0.05) is 26.5 Å². The Bertz CT molecular complexity index is 1810. The number of nitrogens with one attached hydrogen (secondary N) is 1. The molecule has 1 aliphatic carbocycles. The minimum atomic E-state index is -1.09. The van der Waals surface area contributed by atoms with Gasteiger partial charge < -0.3 is 20.3 Å². The Morgan fingerprint density at radius 1 is 1.05 bits per heavy atom. The van der Waals surface area contributed by atoms with E-state index in [1.165, 1.54) is 7.11 Å². The molecule has 0 aromatic carbocycles. The zero-order chi connectivity index (χ0) is 31.6. The summed E-state index contributed by atoms with van der Waals surface area (Å²) in [6, 6.07) is 0. The number of hydrogen-bond acceptors (Lipinski definition) is 8. The Kier molecular flexibility index (Phi) is 7.14. The number of ether oxygens (including phenoxy) is 1. The second-order valence-corrected chi connectivity index (χ2v) is 11.8. The molecule has 5 aliphatic heterocycles. The molecule has 0 radical (unpaired) electrons. The third-order valence-corrected chi connectivity index (χ3v) is 9.53. The quantitative estimate of drug-likeness (QED) is 0.319. The van der Waals surface area contributed by atoms with Crippen LogP contribution in [0.15, 0.2) is 119 Å². The largest absolute Gasteiger partial charge is 0.510 e. The lowest BCUT2D eigenvalue weighted by Gasteiger charge is -2.20. The Morgan fingerprint density at radius 3 is 2.41 bits per heavy atom. The number of methoxy groups -OCH3 is 1. The van der Waals surface area contributed by atoms with Crippen molar-refractivity contribution >= 4 is 29.1 Å². The van der Waals surface area contributed by atoms with E-state index in [1.54, 1.807) is 0 Å². The summed E-state index contributed by atoms with van der Waals surface area (Å²) in [7, 11) is 1.29. The molecular weight excluding hydrogens is 556 g/mol. The van der Waals surface area contributed by atoms with Crippen molar-refractivity contribution in [2.24, 2.45) is 32.7 Å². The molecule has 1 fully saturated rings. The first-order valence-corrected chi connectivity index (χ1v) is 14.9. The maximum atomic E-state index is 13.2. The van der Waals surface area contributed by atoms with Crippen molar-refractivity contribution in [2.75, 3.05) is 7.11 Å². The third kappa shape index (κ3) is 4.32. The first-order chi connectivity index (χ1) is 21.0. The van der Waals surface area contributed by atoms with E-state index in [9.17, 15) is 19.8 Å². The highest BCUT2D eigenvalue weighted by atomic mass is 16.5. The van der Waals surface area contributed by atoms with Gasteiger partial charge in [0.25, 0.3) is 0 Å². The molecule has 3 atom stereocenters. The number of allylic oxidation sites excluding steroid dienone is 11. The summed E-state index contributed by atoms with van der Waals surface area (Å²) in [6.45, 7) is 14.1. The van der Waals surface area contributed by atoms with Gasteiger partial charge in [0, 0.05) is 46.4 Å². The Hall–Kier alpha value is -4.79. The molecule has 3 N–H and O–H groups in total. The van der Waals surface area contributed by atoms with Crippen molar-refractivity contribution in [3.63, 3.8) is 0 Å². The van der Waals surface area contributed by atoms with Crippen LogP contribution in [0.4, 0.5) is 0 Å². The molecule has 8 bridgehead atoms. The molecule has 0 saturated carbocycles. The predicted molar refractivity (Wildman–Crippen MR) is 170 cm³/mol. The second-order valence-electron chi connectivity index (χ2n) is 11.8. The fraction of sp³-hybridized carbons (Fsp3) is 0.343. The first kappa shape index (κ1) is 29.3. The lowest BCUT2D eigenvalue weighted by atomic mass is 9.84. The average Bonchev–Trinajstić information content (AvgIpc) is 3.72. The van der Waals surface area contributed by atoms with Gasteiger partial charge in [-0.2, -0.15) is 0 Å². The lowest BCUT2D eigenvalue weighted by molar-refractivity contribution is -0.143. The molecule has 6 aliphatic rings. The second kappa shape index (κ2) is 10.7. The Labute approximate surface area is 256 Å². The van der Waals surface area contributed by atoms with E-state index in [1.807, 2.05) is 45.1 Å². The molecule has 0 amide bonds. The minimum Gasteiger partial charge on any atom is -0.510 e. The number of nitrogens with zero attached hydrogens (tertiary/aromatic N) is 3. The number of carboxylic acid groups (broad SMARTS) is 1. The van der Waals surface area contributed by atoms with Gasteiger partial charge in [0.15, 0.2) is 0 Å². The van der Waals surface area contributed by atoms with Gasteiger partial charge in [0.1, 0.15) is 11.7 Å². The molecule has 0 unspecified atom stereocenters. The van der Waals surface area contributed by atoms with Crippen molar-refractivity contribution in [3.05, 3.63) is 104 Å². The number of aliphatic imine (C=N–C) groups is 3. The van der Waals surface area contributed by atoms with Crippen LogP contribution < -0.4 is 5.32 Å². The third-order valence-electron chi connectivity index (χ3n) is 9.53. The standard InChI is InChI=1S/C35H36N4O5/c1-8-19-15(3)22-12-24-17(5)21(10-11-28(40)41)32(38-24)30-31(35(43)44-7)34(42)29-18(6)25(39-33(29)30)14-27-20(9-2)16(4)23(37-27)13-26(19)36-22/h8,12-14,17,21,31,38,42H,1,9-11H2,2-7H3,(H,40,41)/t17-,21-,31-/m0/s1. The number of fused-ring (bicyclic) bond motifs is 5. The van der Waals surface area contributed by atoms with Gasteiger partial charge in [-0.3, -0.25) is 9.59 Å². The Balaban J connectivity index is 1.67. The maximum Gasteiger partial charge on any atom is 0.321 e. The van der Waals surface area contributed by atoms with Crippen LogP contribution in [-0.4, -0.2) is 46.4 Å². The van der Waals surface area contributed by atoms with Crippen LogP contribution in [0.3, 0.4) is 0 Å².